The third-order valence-corrected chi connectivity index (χ3v) is 6.74. The van der Waals surface area contributed by atoms with E-state index < -0.39 is 0 Å². The van der Waals surface area contributed by atoms with Gasteiger partial charge in [-0.25, -0.2) is 4.98 Å². The number of benzene rings is 3. The maximum Gasteiger partial charge on any atom is 0.227 e. The van der Waals surface area contributed by atoms with Crippen LogP contribution in [-0.2, 0) is 6.42 Å². The van der Waals surface area contributed by atoms with E-state index in [0.29, 0.717) is 21.7 Å². The summed E-state index contributed by atoms with van der Waals surface area (Å²) in [7, 11) is 1.50. The highest BCUT2D eigenvalue weighted by Gasteiger charge is 2.14. The van der Waals surface area contributed by atoms with Crippen molar-refractivity contribution in [3.05, 3.63) is 68.6 Å². The average Bonchev–Trinajstić information content (AvgIpc) is 3.20. The summed E-state index contributed by atoms with van der Waals surface area (Å²) in [6.07, 6.45) is 2.55. The molecule has 4 rings (SSSR count). The van der Waals surface area contributed by atoms with Gasteiger partial charge in [0.1, 0.15) is 5.52 Å². The molecule has 1 N–H and O–H groups in total. The molecule has 0 unspecified atom stereocenters. The molecule has 0 bridgehead atoms. The molecule has 0 aliphatic carbocycles. The van der Waals surface area contributed by atoms with Gasteiger partial charge in [0, 0.05) is 20.7 Å². The molecule has 0 saturated heterocycles. The first kappa shape index (κ1) is 20.6. The maximum atomic E-state index is 10.4. The van der Waals surface area contributed by atoms with Gasteiger partial charge in [-0.15, -0.1) is 0 Å². The molecule has 7 heteroatoms. The summed E-state index contributed by atoms with van der Waals surface area (Å²) in [5.41, 5.74) is 4.98. The third-order valence-electron chi connectivity index (χ3n) is 4.73. The number of oxazole rings is 1. The lowest BCUT2D eigenvalue weighted by molar-refractivity contribution is 0.372. The van der Waals surface area contributed by atoms with Crippen molar-refractivity contribution < 1.29 is 14.3 Å². The first-order valence-electron chi connectivity index (χ1n) is 9.29. The van der Waals surface area contributed by atoms with Crippen LogP contribution in [-0.4, -0.2) is 23.4 Å². The van der Waals surface area contributed by atoms with Crippen molar-refractivity contribution in [3.63, 3.8) is 0 Å². The largest absolute Gasteiger partial charge is 0.504 e. The predicted molar refractivity (Wildman–Crippen MR) is 126 cm³/mol. The number of rotatable bonds is 5. The normalized spacial score (nSPS) is 11.5. The number of hydrogen-bond donors (Lipinski definition) is 1. The van der Waals surface area contributed by atoms with Gasteiger partial charge in [0.2, 0.25) is 5.89 Å². The number of aliphatic imine (C=N–C) groups is 1. The van der Waals surface area contributed by atoms with Crippen LogP contribution in [0.4, 0.5) is 5.69 Å². The van der Waals surface area contributed by atoms with E-state index in [1.807, 2.05) is 30.3 Å². The molecule has 0 amide bonds. The molecule has 152 valence electrons. The molecule has 3 aromatic carbocycles. The Balaban J connectivity index is 1.61. The van der Waals surface area contributed by atoms with E-state index in [0.717, 1.165) is 33.2 Å². The fourth-order valence-electron chi connectivity index (χ4n) is 3.03. The van der Waals surface area contributed by atoms with E-state index in [9.17, 15) is 5.11 Å². The number of aromatic hydroxyl groups is 1. The SMILES string of the molecule is CCc1ccc2oc(-c3ccc(N=Cc4c(O)c(OC)cc(Br)c4Br)cc3)nc2c1. The number of aromatic nitrogens is 1. The van der Waals surface area contributed by atoms with Crippen LogP contribution in [0.25, 0.3) is 22.6 Å². The van der Waals surface area contributed by atoms with E-state index in [-0.39, 0.29) is 5.75 Å². The Hall–Kier alpha value is -2.64. The minimum atomic E-state index is 0.0193. The number of ether oxygens (including phenoxy) is 1. The molecule has 0 fully saturated rings. The van der Waals surface area contributed by atoms with E-state index in [1.54, 1.807) is 12.3 Å². The van der Waals surface area contributed by atoms with E-state index in [4.69, 9.17) is 9.15 Å². The van der Waals surface area contributed by atoms with Gasteiger partial charge in [0.05, 0.1) is 18.4 Å². The van der Waals surface area contributed by atoms with Crippen molar-refractivity contribution in [2.45, 2.75) is 13.3 Å². The van der Waals surface area contributed by atoms with Crippen LogP contribution >= 0.6 is 31.9 Å². The third kappa shape index (κ3) is 4.00. The van der Waals surface area contributed by atoms with E-state index in [2.05, 4.69) is 60.9 Å². The van der Waals surface area contributed by atoms with E-state index in [1.165, 1.54) is 12.7 Å². The summed E-state index contributed by atoms with van der Waals surface area (Å²) in [5.74, 6) is 0.959. The summed E-state index contributed by atoms with van der Waals surface area (Å²) in [6.45, 7) is 2.11. The van der Waals surface area contributed by atoms with Crippen molar-refractivity contribution >= 4 is 54.9 Å². The van der Waals surface area contributed by atoms with Crippen molar-refractivity contribution in [1.82, 2.24) is 4.98 Å². The van der Waals surface area contributed by atoms with Gasteiger partial charge in [0.25, 0.3) is 0 Å². The Kier molecular flexibility index (Phi) is 5.92. The summed E-state index contributed by atoms with van der Waals surface area (Å²) >= 11 is 6.90. The number of hydrogen-bond acceptors (Lipinski definition) is 5. The van der Waals surface area contributed by atoms with Gasteiger partial charge in [-0.3, -0.25) is 4.99 Å². The zero-order valence-corrected chi connectivity index (χ0v) is 19.5. The van der Waals surface area contributed by atoms with Crippen LogP contribution in [0.1, 0.15) is 18.1 Å². The zero-order valence-electron chi connectivity index (χ0n) is 16.3. The van der Waals surface area contributed by atoms with E-state index >= 15 is 0 Å². The molecule has 1 aromatic heterocycles. The van der Waals surface area contributed by atoms with Crippen LogP contribution < -0.4 is 4.74 Å². The highest BCUT2D eigenvalue weighted by Crippen LogP contribution is 2.39. The minimum absolute atomic E-state index is 0.0193. The van der Waals surface area contributed by atoms with Gasteiger partial charge in [-0.2, -0.15) is 0 Å². The lowest BCUT2D eigenvalue weighted by Crippen LogP contribution is -1.91. The van der Waals surface area contributed by atoms with Crippen LogP contribution in [0.2, 0.25) is 0 Å². The Morgan fingerprint density at radius 2 is 1.90 bits per heavy atom. The number of nitrogens with zero attached hydrogens (tertiary/aromatic N) is 2. The summed E-state index contributed by atoms with van der Waals surface area (Å²) in [6, 6.07) is 15.3. The zero-order chi connectivity index (χ0) is 21.3. The molecular weight excluding hydrogens is 512 g/mol. The second-order valence-corrected chi connectivity index (χ2v) is 8.26. The highest BCUT2D eigenvalue weighted by atomic mass is 79.9. The number of methoxy groups -OCH3 is 1. The highest BCUT2D eigenvalue weighted by molar-refractivity contribution is 9.13. The Morgan fingerprint density at radius 1 is 1.13 bits per heavy atom. The van der Waals surface area contributed by atoms with Crippen molar-refractivity contribution in [3.8, 4) is 23.0 Å². The fraction of sp³-hybridized carbons (Fsp3) is 0.130. The molecule has 30 heavy (non-hydrogen) atoms. The number of aryl methyl sites for hydroxylation is 1. The smallest absolute Gasteiger partial charge is 0.227 e. The molecule has 0 aliphatic heterocycles. The molecule has 0 atom stereocenters. The lowest BCUT2D eigenvalue weighted by Gasteiger charge is -2.09. The number of phenolic OH excluding ortho intramolecular Hbond substituents is 1. The van der Waals surface area contributed by atoms with Crippen molar-refractivity contribution in [2.24, 2.45) is 4.99 Å². The van der Waals surface area contributed by atoms with Gasteiger partial charge < -0.3 is 14.3 Å². The monoisotopic (exact) mass is 528 g/mol. The first-order valence-corrected chi connectivity index (χ1v) is 10.9. The Labute approximate surface area is 190 Å². The average molecular weight is 530 g/mol. The van der Waals surface area contributed by atoms with Crippen LogP contribution in [0.3, 0.4) is 0 Å². The van der Waals surface area contributed by atoms with Crippen LogP contribution in [0, 0.1) is 0 Å². The number of fused-ring (bicyclic) bond motifs is 1. The first-order chi connectivity index (χ1) is 14.5. The topological polar surface area (TPSA) is 67.9 Å². The molecule has 0 spiro atoms. The van der Waals surface area contributed by atoms with Gasteiger partial charge in [-0.1, -0.05) is 13.0 Å². The molecule has 0 radical (unpaired) electrons. The van der Waals surface area contributed by atoms with Crippen LogP contribution in [0.15, 0.2) is 66.9 Å². The quantitative estimate of drug-likeness (QED) is 0.281. The van der Waals surface area contributed by atoms with Crippen molar-refractivity contribution in [2.75, 3.05) is 7.11 Å². The summed E-state index contributed by atoms with van der Waals surface area (Å²) < 4.78 is 12.5. The summed E-state index contributed by atoms with van der Waals surface area (Å²) in [5, 5.41) is 10.4. The second-order valence-electron chi connectivity index (χ2n) is 6.62. The standard InChI is InChI=1S/C23H18Br2N2O3/c1-3-13-4-9-19-18(10-13)27-23(30-19)14-5-7-15(8-6-14)26-12-16-21(25)17(24)11-20(29-2)22(16)28/h4-12,28H,3H2,1-2H3. The molecule has 0 aliphatic rings. The van der Waals surface area contributed by atoms with Gasteiger partial charge in [-0.05, 0) is 86.3 Å². The number of phenols is 1. The fourth-order valence-corrected chi connectivity index (χ4v) is 3.86. The molecule has 1 heterocycles. The minimum Gasteiger partial charge on any atom is -0.504 e. The molecule has 4 aromatic rings. The Morgan fingerprint density at radius 3 is 2.60 bits per heavy atom. The predicted octanol–water partition coefficient (Wildman–Crippen LogP) is 7.05. The molecule has 5 nitrogen and oxygen atoms in total. The lowest BCUT2D eigenvalue weighted by atomic mass is 10.1. The number of halogens is 2. The summed E-state index contributed by atoms with van der Waals surface area (Å²) in [4.78, 5) is 9.08. The van der Waals surface area contributed by atoms with Gasteiger partial charge in [0.15, 0.2) is 17.1 Å². The second kappa shape index (κ2) is 8.62. The van der Waals surface area contributed by atoms with Crippen molar-refractivity contribution in [1.29, 1.82) is 0 Å². The van der Waals surface area contributed by atoms with Crippen LogP contribution in [0.5, 0.6) is 11.5 Å². The maximum absolute atomic E-state index is 10.4. The van der Waals surface area contributed by atoms with Gasteiger partial charge >= 0.3 is 0 Å². The molecular formula is C23H18Br2N2O3. The molecule has 0 saturated carbocycles. The Bertz CT molecular complexity index is 1250.